The summed E-state index contributed by atoms with van der Waals surface area (Å²) >= 11 is 0. The van der Waals surface area contributed by atoms with Gasteiger partial charge in [0.05, 0.1) is 6.61 Å². The van der Waals surface area contributed by atoms with Crippen molar-refractivity contribution in [1.29, 1.82) is 0 Å². The van der Waals surface area contributed by atoms with E-state index in [1.54, 1.807) is 0 Å². The molecule has 0 radical (unpaired) electrons. The SMILES string of the molecule is CC(C)(C)[Si](C)(C)OC[C@H]1O/C(=C\c2ccccc2)[C@H](O[Si](C)(C)C(C)(C)C)[C@@H](O[Si](C)(C)C(C)(C)C)[C@@H]1O[Si](C)(C)C(C)(C)C. The van der Waals surface area contributed by atoms with Crippen LogP contribution >= 0.6 is 0 Å². The van der Waals surface area contributed by atoms with E-state index in [1.165, 1.54) is 0 Å². The van der Waals surface area contributed by atoms with Crippen molar-refractivity contribution in [1.82, 2.24) is 0 Å². The molecule has 2 rings (SSSR count). The molecule has 1 aliphatic rings. The molecule has 266 valence electrons. The molecule has 5 nitrogen and oxygen atoms in total. The highest BCUT2D eigenvalue weighted by atomic mass is 28.4. The summed E-state index contributed by atoms with van der Waals surface area (Å²) in [5.41, 5.74) is 1.08. The van der Waals surface area contributed by atoms with Gasteiger partial charge in [0.1, 0.15) is 30.2 Å². The van der Waals surface area contributed by atoms with Gasteiger partial charge >= 0.3 is 0 Å². The average molecular weight is 709 g/mol. The molecule has 1 fully saturated rings. The smallest absolute Gasteiger partial charge is 0.193 e. The third-order valence-electron chi connectivity index (χ3n) is 11.8. The van der Waals surface area contributed by atoms with Crippen molar-refractivity contribution >= 4 is 39.3 Å². The van der Waals surface area contributed by atoms with E-state index in [2.05, 4.69) is 172 Å². The molecule has 0 aromatic heterocycles. The quantitative estimate of drug-likeness (QED) is 0.226. The fourth-order valence-corrected chi connectivity index (χ4v) is 9.11. The van der Waals surface area contributed by atoms with Crippen LogP contribution < -0.4 is 0 Å². The van der Waals surface area contributed by atoms with Crippen LogP contribution in [0.15, 0.2) is 36.1 Å². The van der Waals surface area contributed by atoms with E-state index in [4.69, 9.17) is 22.4 Å². The van der Waals surface area contributed by atoms with Gasteiger partial charge in [0.2, 0.25) is 0 Å². The highest BCUT2D eigenvalue weighted by Crippen LogP contribution is 2.47. The Labute approximate surface area is 289 Å². The van der Waals surface area contributed by atoms with Gasteiger partial charge in [-0.15, -0.1) is 0 Å². The minimum Gasteiger partial charge on any atom is -0.487 e. The second-order valence-electron chi connectivity index (χ2n) is 19.7. The van der Waals surface area contributed by atoms with E-state index in [9.17, 15) is 0 Å². The third-order valence-corrected chi connectivity index (χ3v) is 29.7. The highest BCUT2D eigenvalue weighted by Gasteiger charge is 2.55. The van der Waals surface area contributed by atoms with Gasteiger partial charge in [-0.3, -0.25) is 0 Å². The Morgan fingerprint density at radius 1 is 0.565 bits per heavy atom. The molecule has 0 aliphatic carbocycles. The van der Waals surface area contributed by atoms with Crippen molar-refractivity contribution in [3.8, 4) is 0 Å². The maximum Gasteiger partial charge on any atom is 0.193 e. The van der Waals surface area contributed by atoms with Gasteiger partial charge in [-0.25, -0.2) is 0 Å². The lowest BCUT2D eigenvalue weighted by Crippen LogP contribution is -2.65. The van der Waals surface area contributed by atoms with Gasteiger partial charge in [0.25, 0.3) is 0 Å². The van der Waals surface area contributed by atoms with E-state index in [-0.39, 0.29) is 38.5 Å². The zero-order valence-electron chi connectivity index (χ0n) is 33.5. The molecule has 46 heavy (non-hydrogen) atoms. The Hall–Kier alpha value is -0.532. The lowest BCUT2D eigenvalue weighted by molar-refractivity contribution is -0.148. The number of ether oxygens (including phenoxy) is 1. The molecule has 0 bridgehead atoms. The fraction of sp³-hybridized carbons (Fsp3) is 0.784. The average Bonchev–Trinajstić information content (AvgIpc) is 2.84. The van der Waals surface area contributed by atoms with Crippen molar-refractivity contribution in [3.63, 3.8) is 0 Å². The van der Waals surface area contributed by atoms with E-state index in [0.717, 1.165) is 11.3 Å². The van der Waals surface area contributed by atoms with Crippen LogP contribution in [0.1, 0.15) is 88.6 Å². The Morgan fingerprint density at radius 3 is 1.37 bits per heavy atom. The molecule has 1 heterocycles. The Morgan fingerprint density at radius 2 is 0.957 bits per heavy atom. The van der Waals surface area contributed by atoms with Crippen LogP contribution in [0, 0.1) is 0 Å². The largest absolute Gasteiger partial charge is 0.487 e. The summed E-state index contributed by atoms with van der Waals surface area (Å²) in [6.45, 7) is 46.7. The summed E-state index contributed by atoms with van der Waals surface area (Å²) in [6, 6.07) is 10.5. The zero-order chi connectivity index (χ0) is 35.9. The molecule has 1 aliphatic heterocycles. The first-order valence-corrected chi connectivity index (χ1v) is 29.1. The van der Waals surface area contributed by atoms with Gasteiger partial charge < -0.3 is 22.4 Å². The second kappa shape index (κ2) is 14.0. The van der Waals surface area contributed by atoms with Gasteiger partial charge in [-0.2, -0.15) is 0 Å². The summed E-state index contributed by atoms with van der Waals surface area (Å²) in [7, 11) is -8.96. The molecule has 1 saturated heterocycles. The van der Waals surface area contributed by atoms with Crippen LogP contribution in [0.3, 0.4) is 0 Å². The minimum atomic E-state index is -2.30. The predicted molar refractivity (Wildman–Crippen MR) is 209 cm³/mol. The summed E-state index contributed by atoms with van der Waals surface area (Å²) < 4.78 is 36.5. The lowest BCUT2D eigenvalue weighted by Gasteiger charge is -2.53. The van der Waals surface area contributed by atoms with Crippen molar-refractivity contribution in [3.05, 3.63) is 41.7 Å². The monoisotopic (exact) mass is 708 g/mol. The topological polar surface area (TPSA) is 46.2 Å². The van der Waals surface area contributed by atoms with Gasteiger partial charge in [-0.05, 0) is 84.2 Å². The fourth-order valence-electron chi connectivity index (χ4n) is 4.25. The van der Waals surface area contributed by atoms with Crippen LogP contribution in [-0.2, 0) is 22.4 Å². The second-order valence-corrected chi connectivity index (χ2v) is 38.7. The van der Waals surface area contributed by atoms with E-state index in [0.29, 0.717) is 6.61 Å². The summed E-state index contributed by atoms with van der Waals surface area (Å²) in [4.78, 5) is 0. The number of rotatable bonds is 10. The van der Waals surface area contributed by atoms with E-state index >= 15 is 0 Å². The molecule has 4 atom stereocenters. The van der Waals surface area contributed by atoms with E-state index in [1.807, 2.05) is 0 Å². The molecular weight excluding hydrogens is 637 g/mol. The molecule has 0 amide bonds. The molecule has 0 N–H and O–H groups in total. The Kier molecular flexibility index (Phi) is 12.7. The van der Waals surface area contributed by atoms with Gasteiger partial charge in [0.15, 0.2) is 33.3 Å². The molecule has 9 heteroatoms. The lowest BCUT2D eigenvalue weighted by atomic mass is 9.97. The number of benzene rings is 1. The number of hydrogen-bond donors (Lipinski definition) is 0. The van der Waals surface area contributed by atoms with Crippen molar-refractivity contribution in [2.24, 2.45) is 0 Å². The molecule has 0 saturated carbocycles. The summed E-state index contributed by atoms with van der Waals surface area (Å²) in [5, 5.41) is 0.0930. The van der Waals surface area contributed by atoms with Crippen molar-refractivity contribution in [2.45, 2.75) is 180 Å². The molecule has 0 spiro atoms. The van der Waals surface area contributed by atoms with Crippen LogP contribution in [0.25, 0.3) is 6.08 Å². The van der Waals surface area contributed by atoms with Crippen LogP contribution in [-0.4, -0.2) is 64.3 Å². The molecular formula is C37H72O5Si4. The molecule has 1 aromatic carbocycles. The third kappa shape index (κ3) is 10.0. The highest BCUT2D eigenvalue weighted by molar-refractivity contribution is 6.75. The van der Waals surface area contributed by atoms with Gasteiger partial charge in [0, 0.05) is 0 Å². The predicted octanol–water partition coefficient (Wildman–Crippen LogP) is 11.6. The first-order chi connectivity index (χ1) is 20.3. The maximum absolute atomic E-state index is 7.55. The first-order valence-electron chi connectivity index (χ1n) is 17.4. The summed E-state index contributed by atoms with van der Waals surface area (Å²) in [5.74, 6) is 0.818. The van der Waals surface area contributed by atoms with Crippen LogP contribution in [0.2, 0.25) is 72.5 Å². The van der Waals surface area contributed by atoms with Crippen LogP contribution in [0.5, 0.6) is 0 Å². The molecule has 0 unspecified atom stereocenters. The standard InChI is InChI=1S/C37H72O5Si4/c1-34(2,3)43(13,14)38-27-30-32(41-45(17,18)36(7,8)9)33(42-46(19,20)37(10,11)12)31(40-44(15,16)35(4,5)6)29(39-30)26-28-24-22-21-23-25-28/h21-26,30-33H,27H2,1-20H3/b29-26-/t30-,31+,32-,33-/m1/s1. The van der Waals surface area contributed by atoms with E-state index < -0.39 is 39.4 Å². The van der Waals surface area contributed by atoms with Crippen molar-refractivity contribution < 1.29 is 22.4 Å². The minimum absolute atomic E-state index is 0.00442. The molecule has 1 aromatic rings. The Balaban J connectivity index is 2.91. The maximum atomic E-state index is 7.55. The van der Waals surface area contributed by atoms with Crippen molar-refractivity contribution in [2.75, 3.05) is 6.61 Å². The number of hydrogen-bond acceptors (Lipinski definition) is 5. The van der Waals surface area contributed by atoms with Crippen LogP contribution in [0.4, 0.5) is 0 Å². The zero-order valence-corrected chi connectivity index (χ0v) is 37.5. The van der Waals surface area contributed by atoms with Gasteiger partial charge in [-0.1, -0.05) is 113 Å². The first kappa shape index (κ1) is 41.6. The normalized spacial score (nSPS) is 23.9. The summed E-state index contributed by atoms with van der Waals surface area (Å²) in [6.07, 6.45) is 0.728. The Bertz CT molecular complexity index is 1170.